The Morgan fingerprint density at radius 2 is 1.84 bits per heavy atom. The van der Waals surface area contributed by atoms with Crippen molar-refractivity contribution in [2.45, 2.75) is 20.8 Å². The van der Waals surface area contributed by atoms with Crippen LogP contribution in [-0.2, 0) is 4.79 Å². The Balaban J connectivity index is 3.32. The number of nitrogens with zero attached hydrogens (tertiary/aromatic N) is 2. The molecule has 0 spiro atoms. The van der Waals surface area contributed by atoms with Gasteiger partial charge in [0.25, 0.3) is 0 Å². The van der Waals surface area contributed by atoms with Crippen LogP contribution in [0.4, 0.5) is 11.4 Å². The van der Waals surface area contributed by atoms with Crippen molar-refractivity contribution in [2.75, 3.05) is 5.32 Å². The number of carbonyl (C=O) groups excluding carboxylic acids is 1. The number of aryl methyl sites for hydroxylation is 2. The molecule has 0 heterocycles. The molecule has 0 aromatic heterocycles. The molecular formula is C12H18N6O. The van der Waals surface area contributed by atoms with E-state index in [2.05, 4.69) is 15.3 Å². The number of guanidine groups is 2. The van der Waals surface area contributed by atoms with Crippen molar-refractivity contribution in [2.24, 2.45) is 27.2 Å². The van der Waals surface area contributed by atoms with Crippen LogP contribution in [0.3, 0.4) is 0 Å². The van der Waals surface area contributed by atoms with E-state index in [1.807, 2.05) is 19.9 Å². The predicted molar refractivity (Wildman–Crippen MR) is 77.3 cm³/mol. The number of amides is 1. The molecule has 0 saturated heterocycles. The molecule has 0 fully saturated rings. The highest BCUT2D eigenvalue weighted by Gasteiger charge is 2.08. The lowest BCUT2D eigenvalue weighted by Crippen LogP contribution is -2.26. The summed E-state index contributed by atoms with van der Waals surface area (Å²) >= 11 is 0. The summed E-state index contributed by atoms with van der Waals surface area (Å²) in [6.07, 6.45) is 0. The zero-order chi connectivity index (χ0) is 14.6. The van der Waals surface area contributed by atoms with Crippen LogP contribution in [0.2, 0.25) is 0 Å². The fraction of sp³-hybridized carbons (Fsp3) is 0.250. The van der Waals surface area contributed by atoms with Gasteiger partial charge in [-0.1, -0.05) is 6.07 Å². The molecule has 0 radical (unpaired) electrons. The van der Waals surface area contributed by atoms with Crippen LogP contribution in [0.15, 0.2) is 22.1 Å². The van der Waals surface area contributed by atoms with Crippen molar-refractivity contribution in [3.8, 4) is 0 Å². The monoisotopic (exact) mass is 262 g/mol. The number of nitrogens with one attached hydrogen (secondary N) is 1. The first-order valence-corrected chi connectivity index (χ1v) is 5.62. The van der Waals surface area contributed by atoms with E-state index in [4.69, 9.17) is 17.2 Å². The van der Waals surface area contributed by atoms with Gasteiger partial charge in [0.15, 0.2) is 5.96 Å². The molecule has 0 aliphatic rings. The molecule has 0 saturated carbocycles. The highest BCUT2D eigenvalue weighted by Crippen LogP contribution is 2.30. The average molecular weight is 262 g/mol. The third kappa shape index (κ3) is 4.30. The minimum absolute atomic E-state index is 0.0726. The molecule has 7 nitrogen and oxygen atoms in total. The molecule has 0 unspecified atom stereocenters. The Hall–Kier alpha value is -2.57. The van der Waals surface area contributed by atoms with Crippen LogP contribution < -0.4 is 22.5 Å². The first kappa shape index (κ1) is 14.5. The average Bonchev–Trinajstić information content (AvgIpc) is 2.21. The van der Waals surface area contributed by atoms with Gasteiger partial charge in [-0.05, 0) is 31.0 Å². The van der Waals surface area contributed by atoms with Crippen LogP contribution in [0.1, 0.15) is 18.1 Å². The van der Waals surface area contributed by atoms with Gasteiger partial charge in [-0.15, -0.1) is 0 Å². The van der Waals surface area contributed by atoms with Crippen molar-refractivity contribution in [1.29, 1.82) is 0 Å². The third-order valence-corrected chi connectivity index (χ3v) is 2.24. The summed E-state index contributed by atoms with van der Waals surface area (Å²) < 4.78 is 0. The summed E-state index contributed by atoms with van der Waals surface area (Å²) in [7, 11) is 0. The van der Waals surface area contributed by atoms with Crippen LogP contribution in [0.25, 0.3) is 0 Å². The quantitative estimate of drug-likeness (QED) is 0.456. The molecule has 1 amide bonds. The standard InChI is InChI=1S/C12H18N6O/c1-6-4-7(2)10(16-8(3)19)9(5-6)17-12(15)18-11(13)14/h4-5H,1-3H3,(H,16,19)(H6,13,14,15,17,18). The summed E-state index contributed by atoms with van der Waals surface area (Å²) in [4.78, 5) is 19.0. The van der Waals surface area contributed by atoms with E-state index in [9.17, 15) is 4.79 Å². The van der Waals surface area contributed by atoms with E-state index >= 15 is 0 Å². The zero-order valence-corrected chi connectivity index (χ0v) is 11.2. The highest BCUT2D eigenvalue weighted by molar-refractivity contribution is 5.97. The number of carbonyl (C=O) groups is 1. The van der Waals surface area contributed by atoms with Crippen LogP contribution in [0, 0.1) is 13.8 Å². The van der Waals surface area contributed by atoms with Crippen LogP contribution >= 0.6 is 0 Å². The van der Waals surface area contributed by atoms with Crippen molar-refractivity contribution >= 4 is 29.2 Å². The van der Waals surface area contributed by atoms with Crippen molar-refractivity contribution in [1.82, 2.24) is 0 Å². The van der Waals surface area contributed by atoms with E-state index in [1.165, 1.54) is 6.92 Å². The maximum Gasteiger partial charge on any atom is 0.223 e. The summed E-state index contributed by atoms with van der Waals surface area (Å²) in [6, 6.07) is 3.72. The van der Waals surface area contributed by atoms with E-state index in [1.54, 1.807) is 6.07 Å². The molecule has 7 heteroatoms. The molecular weight excluding hydrogens is 244 g/mol. The smallest absolute Gasteiger partial charge is 0.223 e. The van der Waals surface area contributed by atoms with E-state index in [0.29, 0.717) is 11.4 Å². The lowest BCUT2D eigenvalue weighted by Gasteiger charge is -2.11. The Morgan fingerprint density at radius 3 is 2.37 bits per heavy atom. The van der Waals surface area contributed by atoms with Gasteiger partial charge in [0.2, 0.25) is 11.9 Å². The number of rotatable bonds is 2. The third-order valence-electron chi connectivity index (χ3n) is 2.24. The second-order valence-corrected chi connectivity index (χ2v) is 4.16. The molecule has 0 atom stereocenters. The fourth-order valence-electron chi connectivity index (χ4n) is 1.65. The Morgan fingerprint density at radius 1 is 1.21 bits per heavy atom. The van der Waals surface area contributed by atoms with Gasteiger partial charge in [-0.3, -0.25) is 4.79 Å². The van der Waals surface area contributed by atoms with Gasteiger partial charge >= 0.3 is 0 Å². The minimum Gasteiger partial charge on any atom is -0.370 e. The van der Waals surface area contributed by atoms with E-state index < -0.39 is 0 Å². The maximum atomic E-state index is 11.2. The molecule has 19 heavy (non-hydrogen) atoms. The van der Waals surface area contributed by atoms with Gasteiger partial charge < -0.3 is 22.5 Å². The predicted octanol–water partition coefficient (Wildman–Crippen LogP) is 0.481. The number of anilines is 1. The van der Waals surface area contributed by atoms with Crippen molar-refractivity contribution in [3.63, 3.8) is 0 Å². The molecule has 0 aliphatic heterocycles. The van der Waals surface area contributed by atoms with Crippen LogP contribution in [-0.4, -0.2) is 17.8 Å². The Bertz CT molecular complexity index is 558. The van der Waals surface area contributed by atoms with E-state index in [-0.39, 0.29) is 17.8 Å². The van der Waals surface area contributed by atoms with Crippen molar-refractivity contribution < 1.29 is 4.79 Å². The second kappa shape index (κ2) is 5.85. The fourth-order valence-corrected chi connectivity index (χ4v) is 1.65. The second-order valence-electron chi connectivity index (χ2n) is 4.16. The van der Waals surface area contributed by atoms with Gasteiger partial charge in [0.1, 0.15) is 0 Å². The summed E-state index contributed by atoms with van der Waals surface area (Å²) in [5.74, 6) is -0.438. The zero-order valence-electron chi connectivity index (χ0n) is 11.2. The summed E-state index contributed by atoms with van der Waals surface area (Å²) in [5, 5.41) is 2.72. The highest BCUT2D eigenvalue weighted by atomic mass is 16.1. The minimum atomic E-state index is -0.191. The number of benzene rings is 1. The molecule has 1 aromatic rings. The maximum absolute atomic E-state index is 11.2. The van der Waals surface area contributed by atoms with E-state index in [0.717, 1.165) is 11.1 Å². The Kier molecular flexibility index (Phi) is 4.46. The normalized spacial score (nSPS) is 11.0. The summed E-state index contributed by atoms with van der Waals surface area (Å²) in [5.41, 5.74) is 19.0. The Labute approximate surface area is 111 Å². The van der Waals surface area contributed by atoms with Crippen molar-refractivity contribution in [3.05, 3.63) is 23.3 Å². The van der Waals surface area contributed by atoms with Gasteiger partial charge in [0, 0.05) is 6.92 Å². The largest absolute Gasteiger partial charge is 0.370 e. The molecule has 1 aromatic carbocycles. The van der Waals surface area contributed by atoms with Gasteiger partial charge in [-0.2, -0.15) is 4.99 Å². The molecule has 102 valence electrons. The lowest BCUT2D eigenvalue weighted by atomic mass is 10.1. The summed E-state index contributed by atoms with van der Waals surface area (Å²) in [6.45, 7) is 5.21. The SMILES string of the molecule is CC(=O)Nc1c(C)cc(C)cc1N=C(N)N=C(N)N. The molecule has 0 bridgehead atoms. The number of nitrogens with two attached hydrogens (primary N) is 3. The topological polar surface area (TPSA) is 132 Å². The molecule has 7 N–H and O–H groups in total. The first-order chi connectivity index (χ1) is 8.79. The molecule has 0 aliphatic carbocycles. The van der Waals surface area contributed by atoms with Gasteiger partial charge in [-0.25, -0.2) is 4.99 Å². The van der Waals surface area contributed by atoms with Gasteiger partial charge in [0.05, 0.1) is 11.4 Å². The number of hydrogen-bond donors (Lipinski definition) is 4. The number of aliphatic imine (C=N–C) groups is 2. The lowest BCUT2D eigenvalue weighted by molar-refractivity contribution is -0.114. The molecule has 1 rings (SSSR count). The van der Waals surface area contributed by atoms with Crippen LogP contribution in [0.5, 0.6) is 0 Å². The first-order valence-electron chi connectivity index (χ1n) is 5.62. The number of hydrogen-bond acceptors (Lipinski definition) is 2.